The molecule has 2 fully saturated rings. The normalized spacial score (nSPS) is 28.5. The second kappa shape index (κ2) is 27.0. The van der Waals surface area contributed by atoms with Crippen LogP contribution in [0, 0.1) is 100.0 Å². The van der Waals surface area contributed by atoms with Crippen molar-refractivity contribution in [1.29, 1.82) is 0 Å². The number of Topliss-reactive ketones (excluding diaryl/α,β-unsaturated/α-hetero) is 2. The Kier molecular flexibility index (Phi) is 28.9. The average molecular weight is 1110 g/mol. The molecule has 4 N–H and O–H groups in total. The molecule has 2 aliphatic rings. The van der Waals surface area contributed by atoms with Crippen LogP contribution in [0.4, 0.5) is 0 Å². The summed E-state index contributed by atoms with van der Waals surface area (Å²) >= 11 is 0. The van der Waals surface area contributed by atoms with E-state index in [1.807, 2.05) is 75.9 Å². The number of allylic oxidation sites excluding steroid dienone is 2. The van der Waals surface area contributed by atoms with Gasteiger partial charge in [-0.2, -0.15) is 0 Å². The van der Waals surface area contributed by atoms with Crippen LogP contribution in [0.1, 0.15) is 68.2 Å². The molecule has 0 aromatic carbocycles. The monoisotopic (exact) mass is 1110 g/mol. The van der Waals surface area contributed by atoms with E-state index in [2.05, 4.69) is 0 Å². The maximum atomic E-state index is 11.8. The van der Waals surface area contributed by atoms with Crippen LogP contribution in [0.3, 0.4) is 0 Å². The van der Waals surface area contributed by atoms with Gasteiger partial charge in [0, 0.05) is 113 Å². The number of hydrogen-bond donors (Lipinski definition) is 2. The predicted octanol–water partition coefficient (Wildman–Crippen LogP) is 4.04. The molecule has 14 heteroatoms. The first-order valence-electron chi connectivity index (χ1n) is 16.6. The second-order valence-corrected chi connectivity index (χ2v) is 12.3. The largest absolute Gasteiger partial charge is 0.671 e. The molecule has 2 heterocycles. The van der Waals surface area contributed by atoms with E-state index in [4.69, 9.17) is 30.4 Å². The van der Waals surface area contributed by atoms with E-state index < -0.39 is 36.9 Å². The Balaban J connectivity index is 0. The molecule has 0 aliphatic carbocycles. The Labute approximate surface area is 361 Å². The number of rotatable bonds is 18. The van der Waals surface area contributed by atoms with E-state index in [-0.39, 0.29) is 149 Å². The van der Waals surface area contributed by atoms with Crippen molar-refractivity contribution in [3.63, 3.8) is 0 Å². The quantitative estimate of drug-likeness (QED) is 0.151. The number of ether oxygens (including phenoxy) is 4. The topological polar surface area (TPSA) is 166 Å². The van der Waals surface area contributed by atoms with Crippen LogP contribution in [-0.4, -0.2) is 133 Å². The minimum atomic E-state index is -0.927. The summed E-state index contributed by atoms with van der Waals surface area (Å²) in [6, 6.07) is -2.30. The van der Waals surface area contributed by atoms with Gasteiger partial charge in [0.25, 0.3) is 0 Å². The fraction of sp³-hybridized carbons (Fsp3) is 0.824. The molecule has 12 nitrogen and oxygen atoms in total. The van der Waals surface area contributed by atoms with Crippen LogP contribution in [0.15, 0.2) is 24.3 Å². The Bertz CT molecular complexity index is 890. The fourth-order valence-corrected chi connectivity index (χ4v) is 6.67. The van der Waals surface area contributed by atoms with E-state index in [1.165, 1.54) is 0 Å². The van der Waals surface area contributed by atoms with Crippen LogP contribution in [0.2, 0.25) is 0 Å². The molecule has 2 saturated heterocycles. The molecule has 48 heavy (non-hydrogen) atoms. The Hall–Kier alpha value is 1.30. The van der Waals surface area contributed by atoms with Gasteiger partial charge in [0.2, 0.25) is 0 Å². The first-order valence-corrected chi connectivity index (χ1v) is 16.6. The molecule has 0 amide bonds. The Morgan fingerprint density at radius 1 is 0.729 bits per heavy atom. The molecule has 2 radical (unpaired) electrons. The Morgan fingerprint density at radius 2 is 1.04 bits per heavy atom. The summed E-state index contributed by atoms with van der Waals surface area (Å²) in [6.07, 6.45) is 6.68. The predicted molar refractivity (Wildman–Crippen MR) is 180 cm³/mol. The number of hydrogen-bond acceptors (Lipinski definition) is 10. The zero-order valence-electron chi connectivity index (χ0n) is 30.9. The maximum Gasteiger partial charge on any atom is 0.154 e. The van der Waals surface area contributed by atoms with Gasteiger partial charge in [-0.15, -0.1) is 0 Å². The van der Waals surface area contributed by atoms with E-state index in [0.717, 1.165) is 0 Å². The number of likely N-dealkylation sites (tertiary alicyclic amines) is 2. The van der Waals surface area contributed by atoms with Crippen molar-refractivity contribution in [2.24, 2.45) is 11.8 Å². The summed E-state index contributed by atoms with van der Waals surface area (Å²) in [4.78, 5) is 27.5. The summed E-state index contributed by atoms with van der Waals surface area (Å²) in [5, 5.41) is 20.6. The zero-order valence-corrected chi connectivity index (χ0v) is 40.4. The number of nitrogens with zero attached hydrogens (tertiary/aromatic N) is 2. The number of carbonyl (C=O) groups excluding carboxylic acids is 2. The maximum absolute atomic E-state index is 11.8. The van der Waals surface area contributed by atoms with Gasteiger partial charge in [-0.25, -0.2) is 0 Å². The van der Waals surface area contributed by atoms with Crippen LogP contribution in [-0.2, 0) is 28.5 Å². The van der Waals surface area contributed by atoms with E-state index in [9.17, 15) is 19.8 Å². The van der Waals surface area contributed by atoms with Crippen molar-refractivity contribution in [2.45, 2.75) is 129 Å². The van der Waals surface area contributed by atoms with E-state index in [1.54, 1.807) is 27.7 Å². The van der Waals surface area contributed by atoms with Crippen molar-refractivity contribution in [2.75, 3.05) is 40.5 Å². The third kappa shape index (κ3) is 16.1. The zero-order chi connectivity index (χ0) is 35.1. The minimum absolute atomic E-state index is 0. The van der Waals surface area contributed by atoms with Crippen molar-refractivity contribution in [3.05, 3.63) is 35.8 Å². The van der Waals surface area contributed by atoms with E-state index >= 15 is 0 Å². The third-order valence-corrected chi connectivity index (χ3v) is 8.98. The molecule has 0 aromatic rings. The standard InChI is InChI=1S/2C17H31N2O4.2Ac/c2*1-6-8-13-9-14(11(3)20)19(5)17(13)16(18)15(21)10-23-12(4)22-7-2;;/h2*6,8,12-18,21H,7,9-10H2,1-5H3;;/q2*-1;;/b2*8-6-;;/t2*12?,13-,14-,15?,16?,17-;;/m11../s1. The first kappa shape index (κ1) is 51.4. The van der Waals surface area contributed by atoms with Crippen LogP contribution < -0.4 is 0 Å². The SMILES string of the molecule is C/C=C\[C@@H]1C[C@H](C(C)=O)N(C)[C@H]1C([NH-])C(O)COC(C)OCC.C/C=C\[C@@H]1C[C@H](C(C)=O)N(C)[C@H]1C([NH-])C(O)COC(C)OCC.[Ac].[Ac]. The molecule has 0 bridgehead atoms. The van der Waals surface area contributed by atoms with Gasteiger partial charge in [0.05, 0.1) is 37.5 Å². The average Bonchev–Trinajstić information content (AvgIpc) is 3.50. The first-order chi connectivity index (χ1) is 21.7. The summed E-state index contributed by atoms with van der Waals surface area (Å²) in [7, 11) is 3.72. The van der Waals surface area contributed by atoms with Crippen molar-refractivity contribution in [3.8, 4) is 0 Å². The number of carbonyl (C=O) groups is 2. The van der Waals surface area contributed by atoms with E-state index in [0.29, 0.717) is 26.1 Å². The van der Waals surface area contributed by atoms with Crippen molar-refractivity contribution >= 4 is 11.6 Å². The molecule has 2 rings (SSSR count). The van der Waals surface area contributed by atoms with Gasteiger partial charge in [0.15, 0.2) is 12.6 Å². The molecule has 0 spiro atoms. The summed E-state index contributed by atoms with van der Waals surface area (Å²) in [5.41, 5.74) is 16.9. The van der Waals surface area contributed by atoms with Crippen molar-refractivity contribution in [1.82, 2.24) is 9.80 Å². The van der Waals surface area contributed by atoms with Crippen LogP contribution in [0.5, 0.6) is 0 Å². The number of nitrogens with one attached hydrogen (secondary N) is 2. The van der Waals surface area contributed by atoms with Gasteiger partial charge >= 0.3 is 0 Å². The summed E-state index contributed by atoms with van der Waals surface area (Å²) in [5.74, 6) is 0.376. The fourth-order valence-electron chi connectivity index (χ4n) is 6.67. The molecule has 6 unspecified atom stereocenters. The van der Waals surface area contributed by atoms with Gasteiger partial charge in [-0.1, -0.05) is 36.4 Å². The smallest absolute Gasteiger partial charge is 0.154 e. The van der Waals surface area contributed by atoms with Gasteiger partial charge in [-0.05, 0) is 94.2 Å². The van der Waals surface area contributed by atoms with Crippen LogP contribution >= 0.6 is 0 Å². The van der Waals surface area contributed by atoms with Crippen molar-refractivity contribution < 1.29 is 127 Å². The second-order valence-electron chi connectivity index (χ2n) is 12.3. The Morgan fingerprint density at radius 3 is 1.29 bits per heavy atom. The molecule has 2 aliphatic heterocycles. The number of likely N-dealkylation sites (N-methyl/N-ethyl adjacent to an activating group) is 2. The molecule has 12 atom stereocenters. The summed E-state index contributed by atoms with van der Waals surface area (Å²) < 4.78 is 21.4. The minimum Gasteiger partial charge on any atom is -0.671 e. The molecular weight excluding hydrogens is 1050 g/mol. The molecule has 0 aromatic heterocycles. The van der Waals surface area contributed by atoms with Gasteiger partial charge in [-0.3, -0.25) is 19.4 Å². The number of aliphatic hydroxyl groups is 2. The number of ketones is 2. The van der Waals surface area contributed by atoms with Crippen LogP contribution in [0.25, 0.3) is 11.5 Å². The molecular formula is C34H62Ac2N4O8-2. The van der Waals surface area contributed by atoms with Gasteiger partial charge in [0.1, 0.15) is 11.6 Å². The third-order valence-electron chi connectivity index (χ3n) is 8.98. The number of aliphatic hydroxyl groups excluding tert-OH is 2. The molecule has 274 valence electrons. The van der Waals surface area contributed by atoms with Gasteiger partial charge < -0.3 is 40.6 Å². The summed E-state index contributed by atoms with van der Waals surface area (Å²) in [6.45, 7) is 15.5. The molecule has 0 saturated carbocycles.